The number of nitrogen functional groups attached to an aromatic ring is 1. The molecule has 9 heteroatoms. The van der Waals surface area contributed by atoms with Crippen LogP contribution >= 0.6 is 11.6 Å². The first-order valence-corrected chi connectivity index (χ1v) is 12.6. The first-order chi connectivity index (χ1) is 18.4. The molecule has 0 unspecified atom stereocenters. The summed E-state index contributed by atoms with van der Waals surface area (Å²) < 4.78 is 1.74. The summed E-state index contributed by atoms with van der Waals surface area (Å²) in [7, 11) is 1.84. The summed E-state index contributed by atoms with van der Waals surface area (Å²) >= 11 is 6.62. The number of aromatic nitrogens is 5. The number of halogens is 1. The maximum atomic E-state index is 13.8. The zero-order valence-electron chi connectivity index (χ0n) is 20.9. The second kappa shape index (κ2) is 9.43. The molecule has 4 heterocycles. The number of nitrogens with zero attached hydrogens (tertiary/aromatic N) is 6. The maximum Gasteiger partial charge on any atom is 0.255 e. The summed E-state index contributed by atoms with van der Waals surface area (Å²) in [6.45, 7) is 2.37. The molecule has 1 fully saturated rings. The number of rotatable bonds is 4. The van der Waals surface area contributed by atoms with Gasteiger partial charge in [-0.1, -0.05) is 23.4 Å². The molecule has 1 aliphatic rings. The lowest BCUT2D eigenvalue weighted by Crippen LogP contribution is -2.33. The van der Waals surface area contributed by atoms with Crippen molar-refractivity contribution in [2.24, 2.45) is 7.05 Å². The number of pyridine rings is 3. The van der Waals surface area contributed by atoms with Crippen molar-refractivity contribution in [3.63, 3.8) is 0 Å². The molecular formula is C29H24ClN7O. The van der Waals surface area contributed by atoms with E-state index in [0.29, 0.717) is 28.5 Å². The summed E-state index contributed by atoms with van der Waals surface area (Å²) in [4.78, 5) is 28.9. The molecule has 6 rings (SSSR count). The molecule has 0 spiro atoms. The number of anilines is 1. The van der Waals surface area contributed by atoms with E-state index < -0.39 is 0 Å². The summed E-state index contributed by atoms with van der Waals surface area (Å²) in [5.41, 5.74) is 11.5. The highest BCUT2D eigenvalue weighted by molar-refractivity contribution is 6.35. The molecule has 4 aromatic heterocycles. The van der Waals surface area contributed by atoms with E-state index in [4.69, 9.17) is 17.3 Å². The van der Waals surface area contributed by atoms with Crippen molar-refractivity contribution in [1.29, 1.82) is 0 Å². The Morgan fingerprint density at radius 2 is 1.92 bits per heavy atom. The average molecular weight is 522 g/mol. The number of amides is 1. The molecule has 0 bridgehead atoms. The van der Waals surface area contributed by atoms with Gasteiger partial charge in [0.2, 0.25) is 0 Å². The summed E-state index contributed by atoms with van der Waals surface area (Å²) in [6.07, 6.45) is 8.86. The third kappa shape index (κ3) is 4.53. The lowest BCUT2D eigenvalue weighted by atomic mass is 10.1. The molecule has 8 nitrogen and oxygen atoms in total. The number of benzene rings is 1. The highest BCUT2D eigenvalue weighted by Crippen LogP contribution is 2.34. The van der Waals surface area contributed by atoms with E-state index in [1.807, 2.05) is 37.1 Å². The Morgan fingerprint density at radius 3 is 2.66 bits per heavy atom. The lowest BCUT2D eigenvalue weighted by molar-refractivity contribution is 0.0728. The summed E-state index contributed by atoms with van der Waals surface area (Å²) in [5.74, 6) is 6.49. The van der Waals surface area contributed by atoms with Gasteiger partial charge >= 0.3 is 0 Å². The molecule has 1 aromatic carbocycles. The van der Waals surface area contributed by atoms with Crippen LogP contribution in [0.5, 0.6) is 0 Å². The van der Waals surface area contributed by atoms with Gasteiger partial charge in [-0.3, -0.25) is 19.4 Å². The van der Waals surface area contributed by atoms with Gasteiger partial charge in [0.05, 0.1) is 45.4 Å². The summed E-state index contributed by atoms with van der Waals surface area (Å²) in [6, 6.07) is 9.49. The average Bonchev–Trinajstić information content (AvgIpc) is 3.67. The van der Waals surface area contributed by atoms with E-state index in [9.17, 15) is 4.79 Å². The van der Waals surface area contributed by atoms with Crippen LogP contribution in [-0.2, 0) is 13.6 Å². The van der Waals surface area contributed by atoms with Gasteiger partial charge in [0.25, 0.3) is 5.91 Å². The first kappa shape index (κ1) is 23.9. The van der Waals surface area contributed by atoms with E-state index in [1.165, 1.54) is 0 Å². The third-order valence-electron chi connectivity index (χ3n) is 6.66. The van der Waals surface area contributed by atoms with Gasteiger partial charge < -0.3 is 10.6 Å². The smallest absolute Gasteiger partial charge is 0.255 e. The fraction of sp³-hybridized carbons (Fsp3) is 0.207. The maximum absolute atomic E-state index is 13.8. The Hall–Kier alpha value is -4.48. The molecule has 38 heavy (non-hydrogen) atoms. The zero-order valence-corrected chi connectivity index (χ0v) is 21.7. The molecule has 2 N–H and O–H groups in total. The van der Waals surface area contributed by atoms with Crippen molar-refractivity contribution in [3.8, 4) is 11.8 Å². The second-order valence-electron chi connectivity index (χ2n) is 9.58. The van der Waals surface area contributed by atoms with Crippen LogP contribution in [0.15, 0.2) is 55.1 Å². The number of hydrogen-bond acceptors (Lipinski definition) is 6. The molecule has 0 atom stereocenters. The van der Waals surface area contributed by atoms with Crippen molar-refractivity contribution >= 4 is 45.1 Å². The van der Waals surface area contributed by atoms with E-state index in [2.05, 4.69) is 31.9 Å². The standard InChI is InChI=1S/C29H24ClN7O/c1-17-9-19(13-32-12-17)4-3-18-5-6-20(33-14-18)16-37(21-7-8-21)29(38)22-10-23-26(11-25(22)30)35-28(31)24-15-34-36(2)27(23)24/h5-6,9-15,21H,7-8,16H2,1-2H3,(H2,31,35). The lowest BCUT2D eigenvalue weighted by Gasteiger charge is -2.23. The van der Waals surface area contributed by atoms with Crippen LogP contribution in [0.3, 0.4) is 0 Å². The van der Waals surface area contributed by atoms with Gasteiger partial charge in [0, 0.05) is 48.2 Å². The molecule has 1 aliphatic carbocycles. The Bertz CT molecular complexity index is 1780. The normalized spacial score (nSPS) is 12.9. The molecule has 5 aromatic rings. The van der Waals surface area contributed by atoms with Crippen LogP contribution in [0, 0.1) is 18.8 Å². The number of fused-ring (bicyclic) bond motifs is 3. The van der Waals surface area contributed by atoms with Crippen LogP contribution in [0.2, 0.25) is 5.02 Å². The van der Waals surface area contributed by atoms with Crippen molar-refractivity contribution < 1.29 is 4.79 Å². The van der Waals surface area contributed by atoms with Crippen LogP contribution in [0.1, 0.15) is 45.6 Å². The molecule has 188 valence electrons. The monoisotopic (exact) mass is 521 g/mol. The van der Waals surface area contributed by atoms with E-state index >= 15 is 0 Å². The minimum absolute atomic E-state index is 0.135. The number of carbonyl (C=O) groups is 1. The van der Waals surface area contributed by atoms with E-state index in [0.717, 1.165) is 51.5 Å². The van der Waals surface area contributed by atoms with Crippen molar-refractivity contribution in [1.82, 2.24) is 29.6 Å². The predicted molar refractivity (Wildman–Crippen MR) is 148 cm³/mol. The predicted octanol–water partition coefficient (Wildman–Crippen LogP) is 4.66. The Balaban J connectivity index is 1.28. The van der Waals surface area contributed by atoms with Gasteiger partial charge in [0.1, 0.15) is 5.82 Å². The zero-order chi connectivity index (χ0) is 26.4. The molecule has 1 amide bonds. The minimum Gasteiger partial charge on any atom is -0.383 e. The van der Waals surface area contributed by atoms with Crippen LogP contribution < -0.4 is 5.73 Å². The second-order valence-corrected chi connectivity index (χ2v) is 9.99. The summed E-state index contributed by atoms with van der Waals surface area (Å²) in [5, 5.41) is 6.18. The number of aryl methyl sites for hydroxylation is 2. The first-order valence-electron chi connectivity index (χ1n) is 12.3. The SMILES string of the molecule is Cc1cncc(C#Cc2ccc(CN(C(=O)c3cc4c(cc3Cl)nc(N)c3cnn(C)c34)C3CC3)nc2)c1. The van der Waals surface area contributed by atoms with E-state index in [1.54, 1.807) is 41.6 Å². The quantitative estimate of drug-likeness (QED) is 0.345. The highest BCUT2D eigenvalue weighted by Gasteiger charge is 2.34. The van der Waals surface area contributed by atoms with Gasteiger partial charge in [-0.05, 0) is 55.7 Å². The number of carbonyl (C=O) groups excluding carboxylic acids is 1. The van der Waals surface area contributed by atoms with Gasteiger partial charge in [-0.15, -0.1) is 0 Å². The number of nitrogens with two attached hydrogens (primary N) is 1. The van der Waals surface area contributed by atoms with Gasteiger partial charge in [-0.25, -0.2) is 4.98 Å². The van der Waals surface area contributed by atoms with Gasteiger partial charge in [-0.2, -0.15) is 5.10 Å². The van der Waals surface area contributed by atoms with Crippen molar-refractivity contribution in [3.05, 3.63) is 88.1 Å². The molecular weight excluding hydrogens is 498 g/mol. The minimum atomic E-state index is -0.135. The molecule has 1 saturated carbocycles. The molecule has 0 saturated heterocycles. The fourth-order valence-corrected chi connectivity index (χ4v) is 4.82. The molecule has 0 aliphatic heterocycles. The number of hydrogen-bond donors (Lipinski definition) is 1. The Kier molecular flexibility index (Phi) is 5.93. The van der Waals surface area contributed by atoms with Crippen molar-refractivity contribution in [2.75, 3.05) is 5.73 Å². The molecule has 0 radical (unpaired) electrons. The van der Waals surface area contributed by atoms with Gasteiger partial charge in [0.15, 0.2) is 0 Å². The van der Waals surface area contributed by atoms with Crippen LogP contribution in [0.4, 0.5) is 5.82 Å². The third-order valence-corrected chi connectivity index (χ3v) is 6.97. The Morgan fingerprint density at radius 1 is 1.11 bits per heavy atom. The Labute approximate surface area is 224 Å². The van der Waals surface area contributed by atoms with E-state index in [-0.39, 0.29) is 11.9 Å². The van der Waals surface area contributed by atoms with Crippen LogP contribution in [0.25, 0.3) is 21.8 Å². The van der Waals surface area contributed by atoms with Crippen LogP contribution in [-0.4, -0.2) is 41.6 Å². The largest absolute Gasteiger partial charge is 0.383 e. The topological polar surface area (TPSA) is 103 Å². The van der Waals surface area contributed by atoms with Crippen molar-refractivity contribution in [2.45, 2.75) is 32.4 Å². The highest BCUT2D eigenvalue weighted by atomic mass is 35.5. The fourth-order valence-electron chi connectivity index (χ4n) is 4.58.